The van der Waals surface area contributed by atoms with Crippen LogP contribution in [0.1, 0.15) is 15.9 Å². The van der Waals surface area contributed by atoms with Gasteiger partial charge in [0, 0.05) is 44.1 Å². The minimum absolute atomic E-state index is 0.0469. The number of para-hydroxylation sites is 1. The molecule has 166 valence electrons. The van der Waals surface area contributed by atoms with Gasteiger partial charge in [-0.3, -0.25) is 24.1 Å². The van der Waals surface area contributed by atoms with Crippen LogP contribution in [0.2, 0.25) is 0 Å². The summed E-state index contributed by atoms with van der Waals surface area (Å²) in [6.45, 7) is 2.79. The van der Waals surface area contributed by atoms with Gasteiger partial charge in [0.15, 0.2) is 0 Å². The molecule has 1 saturated heterocycles. The van der Waals surface area contributed by atoms with E-state index in [1.54, 1.807) is 48.9 Å². The van der Waals surface area contributed by atoms with Crippen LogP contribution in [0.3, 0.4) is 0 Å². The van der Waals surface area contributed by atoms with E-state index >= 15 is 0 Å². The number of hydrogen-bond donors (Lipinski definition) is 1. The molecule has 0 radical (unpaired) electrons. The van der Waals surface area contributed by atoms with Gasteiger partial charge in [0.2, 0.25) is 0 Å². The van der Waals surface area contributed by atoms with Crippen LogP contribution in [0.4, 0.5) is 5.82 Å². The van der Waals surface area contributed by atoms with Gasteiger partial charge in [-0.05, 0) is 29.8 Å². The smallest absolute Gasteiger partial charge is 0.329 e. The summed E-state index contributed by atoms with van der Waals surface area (Å²) in [6.07, 6.45) is 5.03. The second kappa shape index (κ2) is 8.70. The van der Waals surface area contributed by atoms with Gasteiger partial charge >= 0.3 is 5.69 Å². The van der Waals surface area contributed by atoms with Gasteiger partial charge in [0.25, 0.3) is 11.5 Å². The van der Waals surface area contributed by atoms with E-state index in [9.17, 15) is 14.4 Å². The Balaban J connectivity index is 1.34. The number of nitrogens with one attached hydrogen (secondary N) is 1. The zero-order valence-electron chi connectivity index (χ0n) is 17.8. The third-order valence-electron chi connectivity index (χ3n) is 5.86. The monoisotopic (exact) mass is 442 g/mol. The van der Waals surface area contributed by atoms with Crippen LogP contribution in [-0.2, 0) is 6.54 Å². The first-order chi connectivity index (χ1) is 16.1. The molecule has 1 amide bonds. The van der Waals surface area contributed by atoms with Gasteiger partial charge in [-0.1, -0.05) is 24.3 Å². The third-order valence-corrected chi connectivity index (χ3v) is 5.86. The van der Waals surface area contributed by atoms with Crippen molar-refractivity contribution in [3.05, 3.63) is 99.1 Å². The van der Waals surface area contributed by atoms with E-state index in [-0.39, 0.29) is 12.5 Å². The van der Waals surface area contributed by atoms with Crippen molar-refractivity contribution < 1.29 is 4.79 Å². The molecule has 3 heterocycles. The summed E-state index contributed by atoms with van der Waals surface area (Å²) >= 11 is 0. The predicted octanol–water partition coefficient (Wildman–Crippen LogP) is 1.49. The molecular formula is C24H22N6O3. The summed E-state index contributed by atoms with van der Waals surface area (Å²) < 4.78 is 1.51. The van der Waals surface area contributed by atoms with Crippen molar-refractivity contribution in [2.24, 2.45) is 0 Å². The van der Waals surface area contributed by atoms with Crippen LogP contribution in [0.15, 0.2) is 76.7 Å². The molecule has 4 aromatic rings. The normalized spacial score (nSPS) is 13.9. The third kappa shape index (κ3) is 4.12. The number of nitrogens with zero attached hydrogens (tertiary/aromatic N) is 5. The average molecular weight is 442 g/mol. The molecule has 1 aliphatic rings. The summed E-state index contributed by atoms with van der Waals surface area (Å²) in [5.74, 6) is 0.763. The lowest BCUT2D eigenvalue weighted by molar-refractivity contribution is 0.0746. The van der Waals surface area contributed by atoms with E-state index in [2.05, 4.69) is 19.9 Å². The standard InChI is InChI=1S/C24H22N6O3/c31-22-19-6-1-2-7-20(19)30(24(33)27-22)16-17-4-3-5-18(14-17)23(32)29-12-10-28(11-13-29)21-15-25-8-9-26-21/h1-9,14-15H,10-13,16H2,(H,27,31,33). The fourth-order valence-electron chi connectivity index (χ4n) is 4.16. The van der Waals surface area contributed by atoms with Crippen molar-refractivity contribution in [2.75, 3.05) is 31.1 Å². The molecule has 0 atom stereocenters. The number of aromatic amines is 1. The van der Waals surface area contributed by atoms with Crippen molar-refractivity contribution in [3.63, 3.8) is 0 Å². The van der Waals surface area contributed by atoms with E-state index in [1.165, 1.54) is 4.57 Å². The van der Waals surface area contributed by atoms with Crippen molar-refractivity contribution in [1.82, 2.24) is 24.4 Å². The Kier molecular flexibility index (Phi) is 5.43. The molecule has 0 bridgehead atoms. The molecule has 5 rings (SSSR count). The van der Waals surface area contributed by atoms with Crippen LogP contribution in [0, 0.1) is 0 Å². The number of piperazine rings is 1. The fraction of sp³-hybridized carbons (Fsp3) is 0.208. The number of amides is 1. The molecule has 0 unspecified atom stereocenters. The number of carbonyl (C=O) groups is 1. The Hall–Kier alpha value is -4.27. The molecule has 9 nitrogen and oxygen atoms in total. The highest BCUT2D eigenvalue weighted by Crippen LogP contribution is 2.16. The van der Waals surface area contributed by atoms with Crippen molar-refractivity contribution in [1.29, 1.82) is 0 Å². The number of fused-ring (bicyclic) bond motifs is 1. The first kappa shape index (κ1) is 20.6. The second-order valence-corrected chi connectivity index (χ2v) is 7.91. The van der Waals surface area contributed by atoms with E-state index in [0.717, 1.165) is 11.4 Å². The van der Waals surface area contributed by atoms with Gasteiger partial charge in [0.1, 0.15) is 5.82 Å². The predicted molar refractivity (Wildman–Crippen MR) is 125 cm³/mol. The summed E-state index contributed by atoms with van der Waals surface area (Å²) in [5.41, 5.74) is 1.05. The first-order valence-corrected chi connectivity index (χ1v) is 10.7. The molecule has 2 aromatic heterocycles. The molecule has 2 aromatic carbocycles. The molecule has 9 heteroatoms. The number of rotatable bonds is 4. The molecule has 33 heavy (non-hydrogen) atoms. The van der Waals surface area contributed by atoms with Crippen LogP contribution in [0.25, 0.3) is 10.9 Å². The van der Waals surface area contributed by atoms with E-state index in [4.69, 9.17) is 0 Å². The van der Waals surface area contributed by atoms with E-state index in [1.807, 2.05) is 23.1 Å². The Labute approximate surface area is 189 Å². The lowest BCUT2D eigenvalue weighted by Crippen LogP contribution is -2.49. The van der Waals surface area contributed by atoms with Crippen molar-refractivity contribution in [2.45, 2.75) is 6.54 Å². The Morgan fingerprint density at radius 3 is 2.58 bits per heavy atom. The van der Waals surface area contributed by atoms with Crippen LogP contribution in [0.5, 0.6) is 0 Å². The Bertz CT molecular complexity index is 1420. The molecular weight excluding hydrogens is 420 g/mol. The van der Waals surface area contributed by atoms with Crippen molar-refractivity contribution >= 4 is 22.6 Å². The zero-order valence-corrected chi connectivity index (χ0v) is 17.8. The lowest BCUT2D eigenvalue weighted by Gasteiger charge is -2.35. The summed E-state index contributed by atoms with van der Waals surface area (Å²) in [5, 5.41) is 0.449. The quantitative estimate of drug-likeness (QED) is 0.514. The molecule has 0 aliphatic carbocycles. The summed E-state index contributed by atoms with van der Waals surface area (Å²) in [4.78, 5) is 52.5. The summed E-state index contributed by atoms with van der Waals surface area (Å²) in [6, 6.07) is 14.3. The number of aromatic nitrogens is 4. The van der Waals surface area contributed by atoms with Gasteiger partial charge in [-0.2, -0.15) is 0 Å². The number of hydrogen-bond acceptors (Lipinski definition) is 6. The van der Waals surface area contributed by atoms with Gasteiger partial charge in [0.05, 0.1) is 23.6 Å². The number of benzene rings is 2. The molecule has 0 spiro atoms. The highest BCUT2D eigenvalue weighted by atomic mass is 16.2. The maximum atomic E-state index is 13.1. The zero-order chi connectivity index (χ0) is 22.8. The van der Waals surface area contributed by atoms with Crippen molar-refractivity contribution in [3.8, 4) is 0 Å². The SMILES string of the molecule is O=C(c1cccc(Cn2c(=O)[nH]c(=O)c3ccccc32)c1)N1CCN(c2cnccn2)CC1. The molecule has 1 aliphatic heterocycles. The molecule has 1 fully saturated rings. The minimum atomic E-state index is -0.476. The maximum absolute atomic E-state index is 13.1. The first-order valence-electron chi connectivity index (χ1n) is 10.7. The molecule has 1 N–H and O–H groups in total. The van der Waals surface area contributed by atoms with Crippen LogP contribution >= 0.6 is 0 Å². The highest BCUT2D eigenvalue weighted by molar-refractivity contribution is 5.94. The summed E-state index contributed by atoms with van der Waals surface area (Å²) in [7, 11) is 0. The second-order valence-electron chi connectivity index (χ2n) is 7.91. The number of anilines is 1. The lowest BCUT2D eigenvalue weighted by atomic mass is 10.1. The Morgan fingerprint density at radius 1 is 0.970 bits per heavy atom. The maximum Gasteiger partial charge on any atom is 0.329 e. The van der Waals surface area contributed by atoms with Gasteiger partial charge in [-0.15, -0.1) is 0 Å². The highest BCUT2D eigenvalue weighted by Gasteiger charge is 2.23. The topological polar surface area (TPSA) is 104 Å². The average Bonchev–Trinajstić information content (AvgIpc) is 2.87. The Morgan fingerprint density at radius 2 is 1.79 bits per heavy atom. The number of carbonyl (C=O) groups excluding carboxylic acids is 1. The van der Waals surface area contributed by atoms with Gasteiger partial charge in [-0.25, -0.2) is 9.78 Å². The van der Waals surface area contributed by atoms with Gasteiger partial charge < -0.3 is 9.80 Å². The molecule has 0 saturated carbocycles. The van der Waals surface area contributed by atoms with Crippen LogP contribution < -0.4 is 16.1 Å². The largest absolute Gasteiger partial charge is 0.352 e. The van der Waals surface area contributed by atoms with E-state index < -0.39 is 11.2 Å². The number of H-pyrrole nitrogens is 1. The minimum Gasteiger partial charge on any atom is -0.352 e. The van der Waals surface area contributed by atoms with Crippen LogP contribution in [-0.4, -0.2) is 56.5 Å². The fourth-order valence-corrected chi connectivity index (χ4v) is 4.16. The van der Waals surface area contributed by atoms with E-state index in [0.29, 0.717) is 42.6 Å².